The number of fused-ring (bicyclic) bond motifs is 3. The van der Waals surface area contributed by atoms with Gasteiger partial charge in [0.1, 0.15) is 11.4 Å². The van der Waals surface area contributed by atoms with E-state index in [4.69, 9.17) is 0 Å². The molecule has 1 aliphatic heterocycles. The largest absolute Gasteiger partial charge is 0.384 e. The van der Waals surface area contributed by atoms with Crippen molar-refractivity contribution in [1.82, 2.24) is 14.5 Å². The minimum absolute atomic E-state index is 0.236. The second-order valence-corrected chi connectivity index (χ2v) is 7.14. The number of para-hydroxylation sites is 1. The number of hydrogen-bond acceptors (Lipinski definition) is 3. The molecule has 0 radical (unpaired) electrons. The molecule has 3 aromatic rings. The Bertz CT molecular complexity index is 918. The van der Waals surface area contributed by atoms with Crippen molar-refractivity contribution < 1.29 is 9.50 Å². The molecule has 0 saturated heterocycles. The van der Waals surface area contributed by atoms with Crippen molar-refractivity contribution >= 4 is 10.9 Å². The Morgan fingerprint density at radius 1 is 1.24 bits per heavy atom. The van der Waals surface area contributed by atoms with E-state index in [9.17, 15) is 9.50 Å². The molecule has 0 fully saturated rings. The first-order valence-corrected chi connectivity index (χ1v) is 8.57. The molecular weight excluding hydrogens is 317 g/mol. The molecule has 3 heterocycles. The van der Waals surface area contributed by atoms with Crippen LogP contribution in [-0.4, -0.2) is 33.1 Å². The van der Waals surface area contributed by atoms with Crippen molar-refractivity contribution in [2.24, 2.45) is 0 Å². The smallest absolute Gasteiger partial charge is 0.147 e. The SMILES string of the molecule is CN1CCc2c(n(CC(C)(O)c3ccncc3)c3c(F)cccc23)C1. The average Bonchev–Trinajstić information content (AvgIpc) is 2.90. The summed E-state index contributed by atoms with van der Waals surface area (Å²) in [6, 6.07) is 8.86. The van der Waals surface area contributed by atoms with Gasteiger partial charge in [0.15, 0.2) is 0 Å². The first-order valence-electron chi connectivity index (χ1n) is 8.57. The van der Waals surface area contributed by atoms with Crippen molar-refractivity contribution in [3.8, 4) is 0 Å². The molecule has 2 aromatic heterocycles. The van der Waals surface area contributed by atoms with E-state index in [1.807, 2.05) is 10.6 Å². The number of rotatable bonds is 3. The fourth-order valence-corrected chi connectivity index (χ4v) is 3.87. The molecule has 130 valence electrons. The van der Waals surface area contributed by atoms with Gasteiger partial charge in [0.05, 0.1) is 12.1 Å². The van der Waals surface area contributed by atoms with Gasteiger partial charge in [-0.15, -0.1) is 0 Å². The Labute approximate surface area is 146 Å². The maximum absolute atomic E-state index is 14.7. The summed E-state index contributed by atoms with van der Waals surface area (Å²) in [6.07, 6.45) is 4.24. The second kappa shape index (κ2) is 5.93. The third-order valence-corrected chi connectivity index (χ3v) is 5.19. The third kappa shape index (κ3) is 2.73. The highest BCUT2D eigenvalue weighted by atomic mass is 19.1. The normalized spacial score (nSPS) is 17.4. The Hall–Kier alpha value is -2.24. The van der Waals surface area contributed by atoms with Crippen LogP contribution in [0.1, 0.15) is 23.7 Å². The van der Waals surface area contributed by atoms with E-state index in [1.165, 1.54) is 11.6 Å². The van der Waals surface area contributed by atoms with Crippen LogP contribution >= 0.6 is 0 Å². The molecule has 0 aliphatic carbocycles. The van der Waals surface area contributed by atoms with E-state index in [0.717, 1.165) is 36.2 Å². The standard InChI is InChI=1S/C20H22FN3O/c1-20(25,14-6-9-22-10-7-14)13-24-18-12-23(2)11-8-15(18)16-4-3-5-17(21)19(16)24/h3-7,9-10,25H,8,11-13H2,1-2H3. The molecular formula is C20H22FN3O. The van der Waals surface area contributed by atoms with Gasteiger partial charge < -0.3 is 14.6 Å². The Balaban J connectivity index is 1.88. The number of aliphatic hydroxyl groups is 1. The number of pyridine rings is 1. The van der Waals surface area contributed by atoms with Crippen LogP contribution in [0.15, 0.2) is 42.7 Å². The van der Waals surface area contributed by atoms with Gasteiger partial charge in [-0.2, -0.15) is 0 Å². The van der Waals surface area contributed by atoms with E-state index in [2.05, 4.69) is 16.9 Å². The molecule has 0 amide bonds. The van der Waals surface area contributed by atoms with Gasteiger partial charge in [0, 0.05) is 36.6 Å². The number of likely N-dealkylation sites (N-methyl/N-ethyl adjacent to an activating group) is 1. The highest BCUT2D eigenvalue weighted by Gasteiger charge is 2.30. The number of aromatic nitrogens is 2. The zero-order valence-corrected chi connectivity index (χ0v) is 14.5. The first kappa shape index (κ1) is 16.2. The molecule has 1 aliphatic rings. The Kier molecular flexibility index (Phi) is 3.85. The predicted octanol–water partition coefficient (Wildman–Crippen LogP) is 3.07. The van der Waals surface area contributed by atoms with Crippen LogP contribution in [0, 0.1) is 5.82 Å². The Morgan fingerprint density at radius 2 is 2.00 bits per heavy atom. The fourth-order valence-electron chi connectivity index (χ4n) is 3.87. The minimum Gasteiger partial charge on any atom is -0.384 e. The maximum Gasteiger partial charge on any atom is 0.147 e. The van der Waals surface area contributed by atoms with Gasteiger partial charge >= 0.3 is 0 Å². The van der Waals surface area contributed by atoms with E-state index in [1.54, 1.807) is 37.5 Å². The molecule has 5 heteroatoms. The molecule has 25 heavy (non-hydrogen) atoms. The molecule has 1 N–H and O–H groups in total. The van der Waals surface area contributed by atoms with Gasteiger partial charge in [0.25, 0.3) is 0 Å². The number of nitrogens with zero attached hydrogens (tertiary/aromatic N) is 3. The van der Waals surface area contributed by atoms with Crippen LogP contribution in [0.3, 0.4) is 0 Å². The van der Waals surface area contributed by atoms with Crippen LogP contribution < -0.4 is 0 Å². The summed E-state index contributed by atoms with van der Waals surface area (Å²) in [6.45, 7) is 3.80. The fraction of sp³-hybridized carbons (Fsp3) is 0.350. The van der Waals surface area contributed by atoms with Crippen LogP contribution in [-0.2, 0) is 25.1 Å². The number of hydrogen-bond donors (Lipinski definition) is 1. The summed E-state index contributed by atoms with van der Waals surface area (Å²) >= 11 is 0. The molecule has 1 atom stereocenters. The van der Waals surface area contributed by atoms with Crippen molar-refractivity contribution in [3.05, 3.63) is 65.4 Å². The third-order valence-electron chi connectivity index (χ3n) is 5.19. The molecule has 0 saturated carbocycles. The number of halogens is 1. The lowest BCUT2D eigenvalue weighted by molar-refractivity contribution is 0.0379. The monoisotopic (exact) mass is 339 g/mol. The van der Waals surface area contributed by atoms with E-state index < -0.39 is 5.60 Å². The van der Waals surface area contributed by atoms with Gasteiger partial charge in [-0.05, 0) is 49.7 Å². The molecule has 4 rings (SSSR count). The highest BCUT2D eigenvalue weighted by Crippen LogP contribution is 2.34. The summed E-state index contributed by atoms with van der Waals surface area (Å²) < 4.78 is 16.7. The molecule has 1 aromatic carbocycles. The molecule has 0 spiro atoms. The summed E-state index contributed by atoms with van der Waals surface area (Å²) in [7, 11) is 2.07. The molecule has 0 bridgehead atoms. The van der Waals surface area contributed by atoms with Crippen LogP contribution in [0.2, 0.25) is 0 Å². The lowest BCUT2D eigenvalue weighted by Gasteiger charge is -2.29. The van der Waals surface area contributed by atoms with Crippen LogP contribution in [0.25, 0.3) is 10.9 Å². The summed E-state index contributed by atoms with van der Waals surface area (Å²) in [5, 5.41) is 12.1. The topological polar surface area (TPSA) is 41.3 Å². The molecule has 4 nitrogen and oxygen atoms in total. The predicted molar refractivity (Wildman–Crippen MR) is 95.7 cm³/mol. The first-order chi connectivity index (χ1) is 12.0. The summed E-state index contributed by atoms with van der Waals surface area (Å²) in [5.41, 5.74) is 2.57. The van der Waals surface area contributed by atoms with E-state index in [0.29, 0.717) is 12.1 Å². The second-order valence-electron chi connectivity index (χ2n) is 7.14. The van der Waals surface area contributed by atoms with E-state index >= 15 is 0 Å². The zero-order valence-electron chi connectivity index (χ0n) is 14.5. The number of benzene rings is 1. The maximum atomic E-state index is 14.7. The lowest BCUT2D eigenvalue weighted by Crippen LogP contribution is -2.32. The summed E-state index contributed by atoms with van der Waals surface area (Å²) in [4.78, 5) is 6.25. The van der Waals surface area contributed by atoms with Crippen molar-refractivity contribution in [2.45, 2.75) is 32.0 Å². The molecule has 1 unspecified atom stereocenters. The van der Waals surface area contributed by atoms with Gasteiger partial charge in [-0.1, -0.05) is 12.1 Å². The lowest BCUT2D eigenvalue weighted by atomic mass is 9.97. The summed E-state index contributed by atoms with van der Waals surface area (Å²) in [5.74, 6) is -0.236. The minimum atomic E-state index is -1.11. The van der Waals surface area contributed by atoms with Crippen molar-refractivity contribution in [1.29, 1.82) is 0 Å². The quantitative estimate of drug-likeness (QED) is 0.797. The highest BCUT2D eigenvalue weighted by molar-refractivity contribution is 5.86. The van der Waals surface area contributed by atoms with Crippen molar-refractivity contribution in [2.75, 3.05) is 13.6 Å². The van der Waals surface area contributed by atoms with Gasteiger partial charge in [-0.25, -0.2) is 4.39 Å². The van der Waals surface area contributed by atoms with Gasteiger partial charge in [0.2, 0.25) is 0 Å². The Morgan fingerprint density at radius 3 is 2.76 bits per heavy atom. The average molecular weight is 339 g/mol. The van der Waals surface area contributed by atoms with Gasteiger partial charge in [-0.3, -0.25) is 4.98 Å². The van der Waals surface area contributed by atoms with Crippen molar-refractivity contribution in [3.63, 3.8) is 0 Å². The van der Waals surface area contributed by atoms with Crippen LogP contribution in [0.5, 0.6) is 0 Å². The zero-order chi connectivity index (χ0) is 17.6. The van der Waals surface area contributed by atoms with Crippen LogP contribution in [0.4, 0.5) is 4.39 Å². The van der Waals surface area contributed by atoms with E-state index in [-0.39, 0.29) is 5.82 Å².